The van der Waals surface area contributed by atoms with E-state index in [4.69, 9.17) is 14.4 Å². The molecule has 1 aromatic rings. The molecule has 1 amide bonds. The number of hydrogen-bond donors (Lipinski definition) is 2. The van der Waals surface area contributed by atoms with Gasteiger partial charge < -0.3 is 24.4 Å². The van der Waals surface area contributed by atoms with Gasteiger partial charge in [-0.25, -0.2) is 9.97 Å². The number of carbonyl (C=O) groups excluding carboxylic acids is 1. The second-order valence-electron chi connectivity index (χ2n) is 9.37. The van der Waals surface area contributed by atoms with Crippen LogP contribution < -0.4 is 5.46 Å². The zero-order chi connectivity index (χ0) is 22.6. The van der Waals surface area contributed by atoms with Gasteiger partial charge in [-0.15, -0.1) is 0 Å². The molecule has 0 bridgehead atoms. The van der Waals surface area contributed by atoms with Crippen molar-refractivity contribution in [2.75, 3.05) is 25.4 Å². The zero-order valence-electron chi connectivity index (χ0n) is 18.9. The molecule has 2 fully saturated rings. The van der Waals surface area contributed by atoms with Crippen LogP contribution in [0.2, 0.25) is 0 Å². The fourth-order valence-corrected chi connectivity index (χ4v) is 4.57. The summed E-state index contributed by atoms with van der Waals surface area (Å²) in [4.78, 5) is 22.7. The number of carbonyl (C=O) groups is 1. The Labute approximate surface area is 189 Å². The van der Waals surface area contributed by atoms with Crippen molar-refractivity contribution < 1.29 is 24.3 Å². The lowest BCUT2D eigenvalue weighted by atomic mass is 9.81. The Morgan fingerprint density at radius 2 is 1.94 bits per heavy atom. The quantitative estimate of drug-likeness (QED) is 0.263. The van der Waals surface area contributed by atoms with Gasteiger partial charge in [0.15, 0.2) is 11.3 Å². The maximum Gasteiger partial charge on any atom is 0.498 e. The van der Waals surface area contributed by atoms with Gasteiger partial charge in [0, 0.05) is 36.7 Å². The Morgan fingerprint density at radius 3 is 2.55 bits per heavy atom. The molecule has 0 aliphatic carbocycles. The summed E-state index contributed by atoms with van der Waals surface area (Å²) < 4.78 is 12.1. The van der Waals surface area contributed by atoms with Gasteiger partial charge in [0.05, 0.1) is 17.8 Å². The second kappa shape index (κ2) is 10.2. The minimum atomic E-state index is -1.30. The number of thioether (sulfide) groups is 1. The third-order valence-corrected chi connectivity index (χ3v) is 7.41. The van der Waals surface area contributed by atoms with E-state index in [9.17, 15) is 9.90 Å². The molecule has 2 aliphatic heterocycles. The van der Waals surface area contributed by atoms with Crippen molar-refractivity contribution in [3.63, 3.8) is 0 Å². The standard InChI is InChI=1S/C21H34BN3O5S/c1-20(2)21(3,4)30-22(29-20)16-11-23-19(24-12-16)31-10-6-8-15-7-5-9-25(13-15)18(28)17(27)14-26/h11-12,15,17,26-27H,5-10,13-14H2,1-4H3/t15-,17-/m1/s1. The number of aliphatic hydroxyl groups excluding tert-OH is 2. The van der Waals surface area contributed by atoms with Crippen molar-refractivity contribution in [1.82, 2.24) is 14.9 Å². The molecule has 0 spiro atoms. The first kappa shape index (κ1) is 24.4. The predicted octanol–water partition coefficient (Wildman–Crippen LogP) is 1.24. The van der Waals surface area contributed by atoms with Crippen molar-refractivity contribution in [3.05, 3.63) is 12.4 Å². The Kier molecular flexibility index (Phi) is 8.02. The number of piperidine rings is 1. The predicted molar refractivity (Wildman–Crippen MR) is 120 cm³/mol. The third-order valence-electron chi connectivity index (χ3n) is 6.45. The average molecular weight is 451 g/mol. The van der Waals surface area contributed by atoms with Crippen LogP contribution >= 0.6 is 11.8 Å². The molecule has 8 nitrogen and oxygen atoms in total. The molecule has 0 radical (unpaired) electrons. The van der Waals surface area contributed by atoms with Crippen LogP contribution in [0, 0.1) is 5.92 Å². The molecule has 1 aromatic heterocycles. The Bertz CT molecular complexity index is 733. The van der Waals surface area contributed by atoms with Gasteiger partial charge in [0.25, 0.3) is 5.91 Å². The molecular weight excluding hydrogens is 417 g/mol. The van der Waals surface area contributed by atoms with Crippen LogP contribution in [-0.4, -0.2) is 80.9 Å². The smallest absolute Gasteiger partial charge is 0.399 e. The van der Waals surface area contributed by atoms with Gasteiger partial charge in [-0.1, -0.05) is 11.8 Å². The lowest BCUT2D eigenvalue weighted by molar-refractivity contribution is -0.144. The molecule has 2 aliphatic rings. The number of aromatic nitrogens is 2. The summed E-state index contributed by atoms with van der Waals surface area (Å²) in [5.74, 6) is 0.965. The average Bonchev–Trinajstić information content (AvgIpc) is 2.97. The number of hydrogen-bond acceptors (Lipinski definition) is 8. The Balaban J connectivity index is 1.41. The van der Waals surface area contributed by atoms with E-state index >= 15 is 0 Å². The van der Waals surface area contributed by atoms with Gasteiger partial charge in [-0.2, -0.15) is 0 Å². The fraction of sp³-hybridized carbons (Fsp3) is 0.762. The van der Waals surface area contributed by atoms with E-state index < -0.39 is 19.8 Å². The van der Waals surface area contributed by atoms with E-state index in [-0.39, 0.29) is 17.1 Å². The number of rotatable bonds is 8. The number of amides is 1. The molecule has 0 saturated carbocycles. The maximum absolute atomic E-state index is 12.1. The van der Waals surface area contributed by atoms with Gasteiger partial charge in [0.2, 0.25) is 0 Å². The van der Waals surface area contributed by atoms with Crippen LogP contribution in [0.15, 0.2) is 17.6 Å². The van der Waals surface area contributed by atoms with Crippen molar-refractivity contribution in [2.45, 2.75) is 75.8 Å². The highest BCUT2D eigenvalue weighted by atomic mass is 32.2. The minimum Gasteiger partial charge on any atom is -0.399 e. The first-order valence-electron chi connectivity index (χ1n) is 11.0. The normalized spacial score (nSPS) is 23.7. The molecule has 3 heterocycles. The van der Waals surface area contributed by atoms with E-state index in [2.05, 4.69) is 9.97 Å². The second-order valence-corrected chi connectivity index (χ2v) is 10.4. The molecule has 10 heteroatoms. The topological polar surface area (TPSA) is 105 Å². The number of likely N-dealkylation sites (tertiary alicyclic amines) is 1. The van der Waals surface area contributed by atoms with Gasteiger partial charge >= 0.3 is 7.12 Å². The highest BCUT2D eigenvalue weighted by Gasteiger charge is 2.51. The van der Waals surface area contributed by atoms with Crippen molar-refractivity contribution in [2.24, 2.45) is 5.92 Å². The summed E-state index contributed by atoms with van der Waals surface area (Å²) in [6, 6.07) is 0. The monoisotopic (exact) mass is 451 g/mol. The Hall–Kier alpha value is -1.20. The highest BCUT2D eigenvalue weighted by Crippen LogP contribution is 2.36. The van der Waals surface area contributed by atoms with Crippen molar-refractivity contribution >= 4 is 30.3 Å². The van der Waals surface area contributed by atoms with E-state index in [1.54, 1.807) is 29.1 Å². The van der Waals surface area contributed by atoms with Crippen molar-refractivity contribution in [3.8, 4) is 0 Å². The van der Waals surface area contributed by atoms with Gasteiger partial charge in [-0.3, -0.25) is 4.79 Å². The SMILES string of the molecule is CC1(C)OB(c2cnc(SCCC[C@H]3CCCN(C(=O)[C@H](O)CO)C3)nc2)OC1(C)C. The van der Waals surface area contributed by atoms with E-state index in [1.165, 1.54) is 0 Å². The van der Waals surface area contributed by atoms with Crippen LogP contribution in [0.5, 0.6) is 0 Å². The van der Waals surface area contributed by atoms with Crippen LogP contribution in [0.1, 0.15) is 53.4 Å². The van der Waals surface area contributed by atoms with Gasteiger partial charge in [0.1, 0.15) is 0 Å². The van der Waals surface area contributed by atoms with Crippen molar-refractivity contribution in [1.29, 1.82) is 0 Å². The lowest BCUT2D eigenvalue weighted by Crippen LogP contribution is -2.46. The highest BCUT2D eigenvalue weighted by molar-refractivity contribution is 7.99. The molecule has 0 unspecified atom stereocenters. The largest absolute Gasteiger partial charge is 0.498 e. The molecule has 31 heavy (non-hydrogen) atoms. The van der Waals surface area contributed by atoms with E-state index in [0.29, 0.717) is 19.0 Å². The zero-order valence-corrected chi connectivity index (χ0v) is 19.7. The third kappa shape index (κ3) is 5.99. The summed E-state index contributed by atoms with van der Waals surface area (Å²) in [7, 11) is -0.453. The van der Waals surface area contributed by atoms with Crippen LogP contribution in [0.25, 0.3) is 0 Å². The number of aliphatic hydroxyl groups is 2. The first-order chi connectivity index (χ1) is 14.6. The lowest BCUT2D eigenvalue weighted by Gasteiger charge is -2.33. The van der Waals surface area contributed by atoms with Gasteiger partial charge in [-0.05, 0) is 59.3 Å². The molecule has 2 saturated heterocycles. The molecular formula is C21H34BN3O5S. The summed E-state index contributed by atoms with van der Waals surface area (Å²) in [6.45, 7) is 8.87. The summed E-state index contributed by atoms with van der Waals surface area (Å²) in [5, 5.41) is 19.3. The molecule has 2 atom stereocenters. The molecule has 2 N–H and O–H groups in total. The fourth-order valence-electron chi connectivity index (χ4n) is 3.83. The van der Waals surface area contributed by atoms with E-state index in [1.807, 2.05) is 27.7 Å². The maximum atomic E-state index is 12.1. The Morgan fingerprint density at radius 1 is 1.29 bits per heavy atom. The molecule has 3 rings (SSSR count). The number of nitrogens with zero attached hydrogens (tertiary/aromatic N) is 3. The van der Waals surface area contributed by atoms with Crippen LogP contribution in [-0.2, 0) is 14.1 Å². The summed E-state index contributed by atoms with van der Waals surface area (Å²) >= 11 is 1.62. The van der Waals surface area contributed by atoms with Crippen LogP contribution in [0.3, 0.4) is 0 Å². The summed E-state index contributed by atoms with van der Waals surface area (Å²) in [5.41, 5.74) is 0.0429. The molecule has 172 valence electrons. The summed E-state index contributed by atoms with van der Waals surface area (Å²) in [6.07, 6.45) is 6.28. The van der Waals surface area contributed by atoms with E-state index in [0.717, 1.165) is 42.1 Å². The van der Waals surface area contributed by atoms with Crippen LogP contribution in [0.4, 0.5) is 0 Å². The minimum absolute atomic E-state index is 0.364. The molecule has 0 aromatic carbocycles. The first-order valence-corrected chi connectivity index (χ1v) is 12.0.